The molecule has 0 amide bonds. The zero-order valence-corrected chi connectivity index (χ0v) is 13.3. The largest absolute Gasteiger partial charge is 0.393 e. The van der Waals surface area contributed by atoms with Crippen LogP contribution in [0.1, 0.15) is 52.4 Å². The van der Waals surface area contributed by atoms with Gasteiger partial charge in [0.25, 0.3) is 0 Å². The molecule has 4 aliphatic carbocycles. The third-order valence-corrected chi connectivity index (χ3v) is 7.49. The van der Waals surface area contributed by atoms with Crippen LogP contribution in [0.3, 0.4) is 0 Å². The molecule has 116 valence electrons. The standard InChI is InChI=1S/C19H28O2/c1-18-9-7-13(20)11-12(18)3-4-14-15-5-6-17(21)19(15,2)10-8-16(14)18/h7-9,12-15,17,20-21H,3-6,10-11H2,1-2H3/t12-,13+,14+,15+,17+,18+,19+/m1/s1. The Kier molecular flexibility index (Phi) is 2.97. The van der Waals surface area contributed by atoms with Crippen molar-refractivity contribution in [3.05, 3.63) is 23.8 Å². The van der Waals surface area contributed by atoms with Crippen molar-refractivity contribution in [2.75, 3.05) is 0 Å². The van der Waals surface area contributed by atoms with Crippen LogP contribution in [0.25, 0.3) is 0 Å². The third-order valence-electron chi connectivity index (χ3n) is 7.49. The molecule has 2 fully saturated rings. The van der Waals surface area contributed by atoms with E-state index >= 15 is 0 Å². The number of rotatable bonds is 0. The summed E-state index contributed by atoms with van der Waals surface area (Å²) in [5.41, 5.74) is 1.88. The summed E-state index contributed by atoms with van der Waals surface area (Å²) in [6.45, 7) is 4.68. The molecule has 7 atom stereocenters. The predicted octanol–water partition coefficient (Wildman–Crippen LogP) is 3.45. The van der Waals surface area contributed by atoms with Gasteiger partial charge in [0.1, 0.15) is 0 Å². The maximum atomic E-state index is 10.4. The first kappa shape index (κ1) is 14.0. The van der Waals surface area contributed by atoms with E-state index in [4.69, 9.17) is 0 Å². The first-order chi connectivity index (χ1) is 9.95. The monoisotopic (exact) mass is 288 g/mol. The van der Waals surface area contributed by atoms with Gasteiger partial charge in [-0.05, 0) is 56.3 Å². The molecule has 0 saturated heterocycles. The van der Waals surface area contributed by atoms with Crippen molar-refractivity contribution in [3.8, 4) is 0 Å². The number of aliphatic hydroxyl groups excluding tert-OH is 2. The number of aliphatic hydroxyl groups is 2. The first-order valence-corrected chi connectivity index (χ1v) is 8.71. The molecule has 2 nitrogen and oxygen atoms in total. The molecule has 0 aliphatic heterocycles. The van der Waals surface area contributed by atoms with Crippen LogP contribution in [-0.4, -0.2) is 22.4 Å². The number of fused-ring (bicyclic) bond motifs is 5. The normalized spacial score (nSPS) is 55.4. The summed E-state index contributed by atoms with van der Waals surface area (Å²) in [6.07, 6.45) is 13.0. The van der Waals surface area contributed by atoms with Crippen LogP contribution in [0.4, 0.5) is 0 Å². The van der Waals surface area contributed by atoms with E-state index in [9.17, 15) is 10.2 Å². The second-order valence-electron chi connectivity index (χ2n) is 8.39. The van der Waals surface area contributed by atoms with E-state index in [-0.39, 0.29) is 23.0 Å². The zero-order chi connectivity index (χ0) is 14.8. The maximum Gasteiger partial charge on any atom is 0.0724 e. The lowest BCUT2D eigenvalue weighted by molar-refractivity contribution is 0.00130. The van der Waals surface area contributed by atoms with Crippen LogP contribution >= 0.6 is 0 Å². The highest BCUT2D eigenvalue weighted by Crippen LogP contribution is 2.62. The molecule has 4 aliphatic rings. The molecule has 0 spiro atoms. The SMILES string of the molecule is C[C@]12CC=C3[C@@H](CC[C@@H]4C[C@@H](O)C=C[C@]34C)[C@@H]1CC[C@@H]2O. The van der Waals surface area contributed by atoms with E-state index in [0.717, 1.165) is 19.3 Å². The van der Waals surface area contributed by atoms with Gasteiger partial charge in [-0.1, -0.05) is 37.6 Å². The fraction of sp³-hybridized carbons (Fsp3) is 0.789. The van der Waals surface area contributed by atoms with E-state index < -0.39 is 0 Å². The minimum atomic E-state index is -0.248. The van der Waals surface area contributed by atoms with Gasteiger partial charge in [0.05, 0.1) is 12.2 Å². The van der Waals surface area contributed by atoms with Crippen molar-refractivity contribution >= 4 is 0 Å². The Balaban J connectivity index is 1.74. The number of allylic oxidation sites excluding steroid dienone is 3. The van der Waals surface area contributed by atoms with Gasteiger partial charge >= 0.3 is 0 Å². The topological polar surface area (TPSA) is 40.5 Å². The molecular formula is C19H28O2. The van der Waals surface area contributed by atoms with E-state index in [1.807, 2.05) is 6.08 Å². The van der Waals surface area contributed by atoms with Gasteiger partial charge in [0.2, 0.25) is 0 Å². The summed E-state index contributed by atoms with van der Waals surface area (Å²) >= 11 is 0. The van der Waals surface area contributed by atoms with Gasteiger partial charge in [-0.15, -0.1) is 0 Å². The molecule has 0 bridgehead atoms. The van der Waals surface area contributed by atoms with Crippen molar-refractivity contribution < 1.29 is 10.2 Å². The van der Waals surface area contributed by atoms with Crippen molar-refractivity contribution in [2.24, 2.45) is 28.6 Å². The van der Waals surface area contributed by atoms with Gasteiger partial charge < -0.3 is 10.2 Å². The van der Waals surface area contributed by atoms with Crippen LogP contribution in [0, 0.1) is 28.6 Å². The van der Waals surface area contributed by atoms with Gasteiger partial charge in [-0.3, -0.25) is 0 Å². The Morgan fingerprint density at radius 1 is 1.10 bits per heavy atom. The Labute approximate surface area is 127 Å². The highest BCUT2D eigenvalue weighted by molar-refractivity contribution is 5.34. The van der Waals surface area contributed by atoms with Gasteiger partial charge in [-0.2, -0.15) is 0 Å². The quantitative estimate of drug-likeness (QED) is 0.670. The second-order valence-corrected chi connectivity index (χ2v) is 8.39. The Bertz CT molecular complexity index is 508. The molecule has 0 unspecified atom stereocenters. The summed E-state index contributed by atoms with van der Waals surface area (Å²) in [4.78, 5) is 0. The van der Waals surface area contributed by atoms with E-state index in [1.165, 1.54) is 19.3 Å². The molecule has 2 heteroatoms. The molecule has 0 aromatic rings. The van der Waals surface area contributed by atoms with Crippen molar-refractivity contribution in [1.29, 1.82) is 0 Å². The smallest absolute Gasteiger partial charge is 0.0724 e. The molecule has 21 heavy (non-hydrogen) atoms. The highest BCUT2D eigenvalue weighted by atomic mass is 16.3. The second kappa shape index (κ2) is 4.45. The van der Waals surface area contributed by atoms with E-state index in [1.54, 1.807) is 5.57 Å². The van der Waals surface area contributed by atoms with Crippen molar-refractivity contribution in [2.45, 2.75) is 64.6 Å². The Morgan fingerprint density at radius 2 is 1.90 bits per heavy atom. The molecule has 0 aromatic carbocycles. The molecule has 0 aromatic heterocycles. The van der Waals surface area contributed by atoms with Crippen LogP contribution < -0.4 is 0 Å². The summed E-state index contributed by atoms with van der Waals surface area (Å²) in [7, 11) is 0. The summed E-state index contributed by atoms with van der Waals surface area (Å²) in [5.74, 6) is 1.91. The molecule has 4 rings (SSSR count). The molecule has 2 N–H and O–H groups in total. The number of hydrogen-bond acceptors (Lipinski definition) is 2. The lowest BCUT2D eigenvalue weighted by Gasteiger charge is -2.54. The predicted molar refractivity (Wildman–Crippen MR) is 83.6 cm³/mol. The van der Waals surface area contributed by atoms with Gasteiger partial charge in [0, 0.05) is 10.8 Å². The lowest BCUT2D eigenvalue weighted by atomic mass is 9.50. The lowest BCUT2D eigenvalue weighted by Crippen LogP contribution is -2.47. The number of hydrogen-bond donors (Lipinski definition) is 2. The Hall–Kier alpha value is -0.600. The third kappa shape index (κ3) is 1.78. The summed E-state index contributed by atoms with van der Waals surface area (Å²) in [6, 6.07) is 0. The van der Waals surface area contributed by atoms with E-state index in [2.05, 4.69) is 26.0 Å². The highest BCUT2D eigenvalue weighted by Gasteiger charge is 2.56. The minimum absolute atomic E-state index is 0.106. The summed E-state index contributed by atoms with van der Waals surface area (Å²) in [5, 5.41) is 20.4. The molecule has 2 saturated carbocycles. The average molecular weight is 288 g/mol. The molecule has 0 radical (unpaired) electrons. The summed E-state index contributed by atoms with van der Waals surface area (Å²) < 4.78 is 0. The maximum absolute atomic E-state index is 10.4. The van der Waals surface area contributed by atoms with Gasteiger partial charge in [0.15, 0.2) is 0 Å². The minimum Gasteiger partial charge on any atom is -0.393 e. The zero-order valence-electron chi connectivity index (χ0n) is 13.3. The van der Waals surface area contributed by atoms with Crippen LogP contribution in [0.2, 0.25) is 0 Å². The van der Waals surface area contributed by atoms with E-state index in [0.29, 0.717) is 17.8 Å². The van der Waals surface area contributed by atoms with Crippen molar-refractivity contribution in [3.63, 3.8) is 0 Å². The van der Waals surface area contributed by atoms with Crippen LogP contribution in [0.5, 0.6) is 0 Å². The van der Waals surface area contributed by atoms with Crippen molar-refractivity contribution in [1.82, 2.24) is 0 Å². The molecular weight excluding hydrogens is 260 g/mol. The fourth-order valence-electron chi connectivity index (χ4n) is 6.06. The molecule has 0 heterocycles. The fourth-order valence-corrected chi connectivity index (χ4v) is 6.06. The van der Waals surface area contributed by atoms with Crippen LogP contribution in [0.15, 0.2) is 23.8 Å². The van der Waals surface area contributed by atoms with Gasteiger partial charge in [-0.25, -0.2) is 0 Å². The first-order valence-electron chi connectivity index (χ1n) is 8.71. The Morgan fingerprint density at radius 3 is 2.71 bits per heavy atom. The average Bonchev–Trinajstić information content (AvgIpc) is 2.76. The van der Waals surface area contributed by atoms with Crippen LogP contribution in [-0.2, 0) is 0 Å².